The second-order valence-electron chi connectivity index (χ2n) is 6.51. The zero-order valence-corrected chi connectivity index (χ0v) is 17.0. The molecule has 1 aromatic rings. The minimum Gasteiger partial charge on any atom is -0.0991 e. The van der Waals surface area contributed by atoms with Crippen LogP contribution in [-0.4, -0.2) is 0 Å². The van der Waals surface area contributed by atoms with Crippen molar-refractivity contribution < 1.29 is 0 Å². The van der Waals surface area contributed by atoms with Crippen LogP contribution in [0.15, 0.2) is 126 Å². The van der Waals surface area contributed by atoms with Gasteiger partial charge in [-0.1, -0.05) is 98.2 Å². The molecule has 0 bridgehead atoms. The summed E-state index contributed by atoms with van der Waals surface area (Å²) >= 11 is 0. The molecule has 1 aromatic carbocycles. The van der Waals surface area contributed by atoms with Crippen LogP contribution in [0.2, 0.25) is 0 Å². The average molecular weight is 355 g/mol. The van der Waals surface area contributed by atoms with Crippen LogP contribution in [0.5, 0.6) is 0 Å². The van der Waals surface area contributed by atoms with Gasteiger partial charge in [0.2, 0.25) is 0 Å². The molecule has 27 heavy (non-hydrogen) atoms. The monoisotopic (exact) mass is 354 g/mol. The van der Waals surface area contributed by atoms with Crippen molar-refractivity contribution in [3.8, 4) is 0 Å². The lowest BCUT2D eigenvalue weighted by Crippen LogP contribution is -2.29. The van der Waals surface area contributed by atoms with Crippen LogP contribution in [0.4, 0.5) is 0 Å². The summed E-state index contributed by atoms with van der Waals surface area (Å²) in [5, 5.41) is 0. The molecule has 0 aromatic heterocycles. The maximum absolute atomic E-state index is 3.97. The molecule has 0 nitrogen and oxygen atoms in total. The molecular weight excluding hydrogens is 324 g/mol. The first-order valence-corrected chi connectivity index (χ1v) is 9.49. The van der Waals surface area contributed by atoms with Crippen molar-refractivity contribution in [2.45, 2.75) is 33.1 Å². The fourth-order valence-electron chi connectivity index (χ4n) is 4.22. The molecule has 1 atom stereocenters. The first-order chi connectivity index (χ1) is 13.1. The predicted molar refractivity (Wildman–Crippen MR) is 121 cm³/mol. The number of hydrogen-bond donors (Lipinski definition) is 0. The van der Waals surface area contributed by atoms with E-state index < -0.39 is 0 Å². The lowest BCUT2D eigenvalue weighted by atomic mass is 9.66. The first-order valence-electron chi connectivity index (χ1n) is 9.49. The molecule has 0 saturated carbocycles. The zero-order valence-electron chi connectivity index (χ0n) is 17.0. The van der Waals surface area contributed by atoms with E-state index in [0.717, 1.165) is 0 Å². The van der Waals surface area contributed by atoms with E-state index in [9.17, 15) is 0 Å². The smallest absolute Gasteiger partial charge is 0.0670 e. The van der Waals surface area contributed by atoms with E-state index in [1.54, 1.807) is 0 Å². The van der Waals surface area contributed by atoms with Gasteiger partial charge in [0.05, 0.1) is 5.41 Å². The van der Waals surface area contributed by atoms with Crippen LogP contribution >= 0.6 is 0 Å². The summed E-state index contributed by atoms with van der Waals surface area (Å²) in [4.78, 5) is 0. The maximum atomic E-state index is 3.97. The molecule has 0 saturated heterocycles. The number of hydrogen-bond acceptors (Lipinski definition) is 0. The normalized spacial score (nSPS) is 23.9. The third-order valence-corrected chi connectivity index (χ3v) is 5.21. The number of benzene rings is 1. The standard InChI is InChI=1S/C27H30/c1-7-12-18-22(16-8-2)27(23-19-14-13-15-20-23)21(6)25(17-9-3)24(10-4)26(27)11-5/h7-20H,1-2H2,3-6H3/b17-9-,18-12-,22-16+,24-10-,26-11+. The van der Waals surface area contributed by atoms with Gasteiger partial charge in [0, 0.05) is 0 Å². The Labute approximate surface area is 165 Å². The van der Waals surface area contributed by atoms with Crippen molar-refractivity contribution >= 4 is 0 Å². The number of allylic oxidation sites excluding steroid dienone is 14. The van der Waals surface area contributed by atoms with E-state index >= 15 is 0 Å². The van der Waals surface area contributed by atoms with E-state index in [2.05, 4.69) is 108 Å². The van der Waals surface area contributed by atoms with Gasteiger partial charge in [-0.05, 0) is 61.1 Å². The van der Waals surface area contributed by atoms with Gasteiger partial charge in [0.25, 0.3) is 0 Å². The van der Waals surface area contributed by atoms with Crippen LogP contribution in [-0.2, 0) is 5.41 Å². The molecule has 1 aliphatic carbocycles. The van der Waals surface area contributed by atoms with Gasteiger partial charge >= 0.3 is 0 Å². The van der Waals surface area contributed by atoms with Crippen LogP contribution in [0.25, 0.3) is 0 Å². The third kappa shape index (κ3) is 3.40. The minimum atomic E-state index is -0.347. The summed E-state index contributed by atoms with van der Waals surface area (Å²) in [6, 6.07) is 10.7. The van der Waals surface area contributed by atoms with Crippen molar-refractivity contribution in [2.24, 2.45) is 0 Å². The SMILES string of the molecule is C=C/C=C\C(=C/C=C)C1(c2ccccc2)C(C)=C(/C=C\C)C(=C/C)/C1=C\C. The van der Waals surface area contributed by atoms with E-state index in [0.29, 0.717) is 0 Å². The molecule has 138 valence electrons. The molecule has 0 amide bonds. The quantitative estimate of drug-likeness (QED) is 0.462. The van der Waals surface area contributed by atoms with Gasteiger partial charge < -0.3 is 0 Å². The van der Waals surface area contributed by atoms with Crippen molar-refractivity contribution in [3.05, 3.63) is 132 Å². The molecule has 0 N–H and O–H groups in total. The predicted octanol–water partition coefficient (Wildman–Crippen LogP) is 7.58. The molecule has 0 radical (unpaired) electrons. The highest BCUT2D eigenvalue weighted by atomic mass is 14.5. The summed E-state index contributed by atoms with van der Waals surface area (Å²) in [5.41, 5.74) is 7.32. The van der Waals surface area contributed by atoms with Gasteiger partial charge in [-0.2, -0.15) is 0 Å². The molecule has 0 spiro atoms. The van der Waals surface area contributed by atoms with Crippen LogP contribution in [0, 0.1) is 0 Å². The summed E-state index contributed by atoms with van der Waals surface area (Å²) in [6.07, 6.45) is 18.8. The highest BCUT2D eigenvalue weighted by Crippen LogP contribution is 2.56. The van der Waals surface area contributed by atoms with Gasteiger partial charge in [-0.25, -0.2) is 0 Å². The van der Waals surface area contributed by atoms with Gasteiger partial charge in [0.15, 0.2) is 0 Å². The minimum absolute atomic E-state index is 0.347. The third-order valence-electron chi connectivity index (χ3n) is 5.21. The summed E-state index contributed by atoms with van der Waals surface area (Å²) in [6.45, 7) is 16.4. The average Bonchev–Trinajstić information content (AvgIpc) is 2.94. The van der Waals surface area contributed by atoms with Gasteiger partial charge in [0.1, 0.15) is 0 Å². The van der Waals surface area contributed by atoms with Crippen LogP contribution < -0.4 is 0 Å². The Morgan fingerprint density at radius 3 is 2.19 bits per heavy atom. The molecule has 0 heterocycles. The van der Waals surface area contributed by atoms with Crippen molar-refractivity contribution in [3.63, 3.8) is 0 Å². The largest absolute Gasteiger partial charge is 0.0991 e. The molecule has 2 rings (SSSR count). The zero-order chi connectivity index (χ0) is 19.9. The fourth-order valence-corrected chi connectivity index (χ4v) is 4.22. The number of rotatable bonds is 6. The molecule has 1 unspecified atom stereocenters. The highest BCUT2D eigenvalue weighted by molar-refractivity contribution is 5.76. The van der Waals surface area contributed by atoms with E-state index in [4.69, 9.17) is 0 Å². The van der Waals surface area contributed by atoms with Crippen LogP contribution in [0.1, 0.15) is 33.3 Å². The maximum Gasteiger partial charge on any atom is 0.0670 e. The Hall–Kier alpha value is -2.86. The molecule has 1 aliphatic rings. The lowest BCUT2D eigenvalue weighted by Gasteiger charge is -2.36. The van der Waals surface area contributed by atoms with Crippen LogP contribution in [0.3, 0.4) is 0 Å². The Balaban J connectivity index is 3.04. The van der Waals surface area contributed by atoms with E-state index in [1.165, 1.54) is 33.4 Å². The molecule has 0 heteroatoms. The highest BCUT2D eigenvalue weighted by Gasteiger charge is 2.47. The second-order valence-corrected chi connectivity index (χ2v) is 6.51. The topological polar surface area (TPSA) is 0 Å². The second kappa shape index (κ2) is 9.19. The summed E-state index contributed by atoms with van der Waals surface area (Å²) in [7, 11) is 0. The Morgan fingerprint density at radius 1 is 0.963 bits per heavy atom. The molecular formula is C27H30. The van der Waals surface area contributed by atoms with E-state index in [-0.39, 0.29) is 5.41 Å². The fraction of sp³-hybridized carbons (Fsp3) is 0.185. The molecule has 0 aliphatic heterocycles. The van der Waals surface area contributed by atoms with Gasteiger partial charge in [-0.3, -0.25) is 0 Å². The van der Waals surface area contributed by atoms with Crippen molar-refractivity contribution in [2.75, 3.05) is 0 Å². The Kier molecular flexibility index (Phi) is 6.96. The van der Waals surface area contributed by atoms with Crippen molar-refractivity contribution in [1.29, 1.82) is 0 Å². The van der Waals surface area contributed by atoms with E-state index in [1.807, 2.05) is 18.2 Å². The first kappa shape index (κ1) is 20.5. The lowest BCUT2D eigenvalue weighted by molar-refractivity contribution is 0.736. The summed E-state index contributed by atoms with van der Waals surface area (Å²) in [5.74, 6) is 0. The van der Waals surface area contributed by atoms with Crippen molar-refractivity contribution in [1.82, 2.24) is 0 Å². The molecule has 0 fully saturated rings. The summed E-state index contributed by atoms with van der Waals surface area (Å²) < 4.78 is 0. The Bertz CT molecular complexity index is 879. The van der Waals surface area contributed by atoms with Gasteiger partial charge in [-0.15, -0.1) is 0 Å². The Morgan fingerprint density at radius 2 is 1.67 bits per heavy atom.